The van der Waals surface area contributed by atoms with Crippen LogP contribution in [0.5, 0.6) is 5.75 Å². The van der Waals surface area contributed by atoms with Crippen molar-refractivity contribution in [3.8, 4) is 5.75 Å². The van der Waals surface area contributed by atoms with E-state index in [1.165, 1.54) is 48.5 Å². The number of anilines is 1. The lowest BCUT2D eigenvalue weighted by Crippen LogP contribution is -2.24. The van der Waals surface area contributed by atoms with Gasteiger partial charge in [-0.2, -0.15) is 0 Å². The minimum absolute atomic E-state index is 0.0689. The minimum Gasteiger partial charge on any atom is -0.495 e. The van der Waals surface area contributed by atoms with E-state index in [0.717, 1.165) is 0 Å². The Hall–Kier alpha value is -3.97. The third kappa shape index (κ3) is 4.24. The van der Waals surface area contributed by atoms with Crippen LogP contribution in [0, 0.1) is 0 Å². The number of carbonyl (C=O) groups is 2. The highest BCUT2D eigenvalue weighted by molar-refractivity contribution is 6.32. The largest absolute Gasteiger partial charge is 0.495 e. The summed E-state index contributed by atoms with van der Waals surface area (Å²) >= 11 is 6.28. The van der Waals surface area contributed by atoms with Gasteiger partial charge in [-0.25, -0.2) is 0 Å². The van der Waals surface area contributed by atoms with Gasteiger partial charge in [0.2, 0.25) is 11.3 Å². The SMILES string of the molecule is COc1cc2c(=O)c(C(=O)c3ccncc3)cn(CC(=O)Nc3ccccc3)c2cc1Cl. The lowest BCUT2D eigenvalue weighted by Gasteiger charge is -2.15. The Morgan fingerprint density at radius 2 is 1.81 bits per heavy atom. The summed E-state index contributed by atoms with van der Waals surface area (Å²) in [5.41, 5.74) is 0.820. The highest BCUT2D eigenvalue weighted by Crippen LogP contribution is 2.29. The van der Waals surface area contributed by atoms with Crippen LogP contribution in [0.25, 0.3) is 10.9 Å². The fourth-order valence-electron chi connectivity index (χ4n) is 3.38. The molecule has 1 N–H and O–H groups in total. The highest BCUT2D eigenvalue weighted by Gasteiger charge is 2.20. The molecule has 0 bridgehead atoms. The molecule has 0 unspecified atom stereocenters. The minimum atomic E-state index is -0.475. The summed E-state index contributed by atoms with van der Waals surface area (Å²) in [7, 11) is 1.44. The number of para-hydroxylation sites is 1. The molecule has 32 heavy (non-hydrogen) atoms. The Balaban J connectivity index is 1.83. The quantitative estimate of drug-likeness (QED) is 0.452. The van der Waals surface area contributed by atoms with Gasteiger partial charge in [0.05, 0.1) is 28.6 Å². The number of fused-ring (bicyclic) bond motifs is 1. The molecule has 0 radical (unpaired) electrons. The number of ether oxygens (including phenoxy) is 1. The fourth-order valence-corrected chi connectivity index (χ4v) is 3.61. The van der Waals surface area contributed by atoms with Gasteiger partial charge in [-0.15, -0.1) is 0 Å². The Kier molecular flexibility index (Phi) is 6.00. The second-order valence-electron chi connectivity index (χ2n) is 6.98. The molecule has 0 fully saturated rings. The molecule has 2 aromatic carbocycles. The summed E-state index contributed by atoms with van der Waals surface area (Å²) < 4.78 is 6.78. The second kappa shape index (κ2) is 9.03. The number of nitrogens with zero attached hydrogens (tertiary/aromatic N) is 2. The average molecular weight is 448 g/mol. The maximum absolute atomic E-state index is 13.2. The predicted octanol–water partition coefficient (Wildman–Crippen LogP) is 3.93. The first kappa shape index (κ1) is 21.3. The number of ketones is 1. The number of carbonyl (C=O) groups excluding carboxylic acids is 2. The molecular formula is C24H18ClN3O4. The molecule has 8 heteroatoms. The number of halogens is 1. The van der Waals surface area contributed by atoms with E-state index in [2.05, 4.69) is 10.3 Å². The Bertz CT molecular complexity index is 1370. The molecule has 0 aliphatic heterocycles. The molecule has 0 saturated heterocycles. The van der Waals surface area contributed by atoms with Gasteiger partial charge in [0.1, 0.15) is 12.3 Å². The van der Waals surface area contributed by atoms with Crippen LogP contribution in [0.2, 0.25) is 5.02 Å². The van der Waals surface area contributed by atoms with Crippen LogP contribution in [-0.2, 0) is 11.3 Å². The van der Waals surface area contributed by atoms with E-state index < -0.39 is 11.2 Å². The molecule has 0 aliphatic rings. The summed E-state index contributed by atoms with van der Waals surface area (Å²) in [6.45, 7) is -0.134. The van der Waals surface area contributed by atoms with Crippen molar-refractivity contribution in [2.24, 2.45) is 0 Å². The van der Waals surface area contributed by atoms with Crippen LogP contribution in [0.1, 0.15) is 15.9 Å². The maximum Gasteiger partial charge on any atom is 0.244 e. The van der Waals surface area contributed by atoms with E-state index in [1.807, 2.05) is 18.2 Å². The van der Waals surface area contributed by atoms with Gasteiger partial charge in [-0.3, -0.25) is 19.4 Å². The average Bonchev–Trinajstić information content (AvgIpc) is 2.81. The first-order chi connectivity index (χ1) is 15.5. The van der Waals surface area contributed by atoms with Crippen molar-refractivity contribution < 1.29 is 14.3 Å². The lowest BCUT2D eigenvalue weighted by molar-refractivity contribution is -0.116. The van der Waals surface area contributed by atoms with Crippen LogP contribution >= 0.6 is 11.6 Å². The van der Waals surface area contributed by atoms with Gasteiger partial charge in [0, 0.05) is 29.8 Å². The van der Waals surface area contributed by atoms with Crippen molar-refractivity contribution in [2.75, 3.05) is 12.4 Å². The zero-order valence-electron chi connectivity index (χ0n) is 17.0. The van der Waals surface area contributed by atoms with E-state index in [1.54, 1.807) is 18.2 Å². The van der Waals surface area contributed by atoms with E-state index in [9.17, 15) is 14.4 Å². The Morgan fingerprint density at radius 3 is 2.50 bits per heavy atom. The molecular weight excluding hydrogens is 430 g/mol. The fraction of sp³-hybridized carbons (Fsp3) is 0.0833. The number of rotatable bonds is 6. The van der Waals surface area contributed by atoms with Crippen molar-refractivity contribution in [2.45, 2.75) is 6.54 Å². The predicted molar refractivity (Wildman–Crippen MR) is 123 cm³/mol. The molecule has 2 aromatic heterocycles. The first-order valence-electron chi connectivity index (χ1n) is 9.68. The number of methoxy groups -OCH3 is 1. The normalized spacial score (nSPS) is 10.7. The van der Waals surface area contributed by atoms with E-state index >= 15 is 0 Å². The molecule has 0 atom stereocenters. The maximum atomic E-state index is 13.2. The molecule has 2 heterocycles. The van der Waals surface area contributed by atoms with Crippen LogP contribution in [-0.4, -0.2) is 28.4 Å². The van der Waals surface area contributed by atoms with Gasteiger partial charge in [-0.1, -0.05) is 29.8 Å². The summed E-state index contributed by atoms with van der Waals surface area (Å²) in [4.78, 5) is 42.9. The molecule has 160 valence electrons. The molecule has 0 aliphatic carbocycles. The summed E-state index contributed by atoms with van der Waals surface area (Å²) in [5, 5.41) is 3.30. The van der Waals surface area contributed by atoms with Gasteiger partial charge in [0.25, 0.3) is 0 Å². The van der Waals surface area contributed by atoms with Crippen LogP contribution in [0.4, 0.5) is 5.69 Å². The summed E-state index contributed by atoms with van der Waals surface area (Å²) in [6, 6.07) is 15.1. The number of nitrogens with one attached hydrogen (secondary N) is 1. The number of amides is 1. The Morgan fingerprint density at radius 1 is 1.09 bits per heavy atom. The van der Waals surface area contributed by atoms with Crippen molar-refractivity contribution in [3.05, 3.63) is 99.6 Å². The molecule has 1 amide bonds. The zero-order chi connectivity index (χ0) is 22.7. The number of aromatic nitrogens is 2. The molecule has 0 spiro atoms. The molecule has 4 rings (SSSR count). The van der Waals surface area contributed by atoms with Gasteiger partial charge in [0.15, 0.2) is 5.78 Å². The second-order valence-corrected chi connectivity index (χ2v) is 7.39. The van der Waals surface area contributed by atoms with Crippen LogP contribution in [0.3, 0.4) is 0 Å². The highest BCUT2D eigenvalue weighted by atomic mass is 35.5. The summed E-state index contributed by atoms with van der Waals surface area (Å²) in [6.07, 6.45) is 4.34. The van der Waals surface area contributed by atoms with Crippen molar-refractivity contribution in [1.29, 1.82) is 0 Å². The monoisotopic (exact) mass is 447 g/mol. The van der Waals surface area contributed by atoms with Crippen LogP contribution < -0.4 is 15.5 Å². The van der Waals surface area contributed by atoms with Gasteiger partial charge < -0.3 is 14.6 Å². The zero-order valence-corrected chi connectivity index (χ0v) is 17.8. The first-order valence-corrected chi connectivity index (χ1v) is 10.1. The number of hydrogen-bond donors (Lipinski definition) is 1. The molecule has 4 aromatic rings. The number of pyridine rings is 2. The van der Waals surface area contributed by atoms with E-state index in [0.29, 0.717) is 22.5 Å². The lowest BCUT2D eigenvalue weighted by atomic mass is 10.0. The van der Waals surface area contributed by atoms with Crippen molar-refractivity contribution in [1.82, 2.24) is 9.55 Å². The number of benzene rings is 2. The van der Waals surface area contributed by atoms with Crippen LogP contribution in [0.15, 0.2) is 78.0 Å². The van der Waals surface area contributed by atoms with Crippen molar-refractivity contribution >= 4 is 39.9 Å². The Labute approximate surface area is 188 Å². The van der Waals surface area contributed by atoms with E-state index in [-0.39, 0.29) is 28.4 Å². The van der Waals surface area contributed by atoms with Gasteiger partial charge in [-0.05, 0) is 36.4 Å². The molecule has 7 nitrogen and oxygen atoms in total. The number of hydrogen-bond acceptors (Lipinski definition) is 5. The smallest absolute Gasteiger partial charge is 0.244 e. The molecule has 0 saturated carbocycles. The van der Waals surface area contributed by atoms with Crippen molar-refractivity contribution in [3.63, 3.8) is 0 Å². The van der Waals surface area contributed by atoms with E-state index in [4.69, 9.17) is 16.3 Å². The third-order valence-corrected chi connectivity index (χ3v) is 5.21. The summed E-state index contributed by atoms with van der Waals surface area (Å²) in [5.74, 6) is -0.495. The standard InChI is InChI=1S/C24H18ClN3O4/c1-32-21-11-17-20(12-19(21)25)28(14-22(29)27-16-5-3-2-4-6-16)13-18(24(17)31)23(30)15-7-9-26-10-8-15/h2-13H,14H2,1H3,(H,27,29). The van der Waals surface area contributed by atoms with Gasteiger partial charge >= 0.3 is 0 Å². The third-order valence-electron chi connectivity index (χ3n) is 4.91. The topological polar surface area (TPSA) is 90.3 Å².